The van der Waals surface area contributed by atoms with E-state index in [1.807, 2.05) is 51.1 Å². The minimum atomic E-state index is -4.42. The fraction of sp³-hybridized carbons (Fsp3) is 0.300. The Morgan fingerprint density at radius 2 is 1.42 bits per heavy atom. The van der Waals surface area contributed by atoms with E-state index in [0.717, 1.165) is 11.6 Å². The van der Waals surface area contributed by atoms with Crippen molar-refractivity contribution < 1.29 is 13.2 Å². The quantitative estimate of drug-likeness (QED) is 0.649. The summed E-state index contributed by atoms with van der Waals surface area (Å²) in [5.74, 6) is 0. The molecule has 0 radical (unpaired) electrons. The lowest BCUT2D eigenvalue weighted by molar-refractivity contribution is -0.137. The summed E-state index contributed by atoms with van der Waals surface area (Å²) in [7, 11) is 0. The largest absolute Gasteiger partial charge is 0.416 e. The molecule has 26 heavy (non-hydrogen) atoms. The van der Waals surface area contributed by atoms with Crippen LogP contribution in [0.5, 0.6) is 0 Å². The van der Waals surface area contributed by atoms with Crippen LogP contribution in [0.3, 0.4) is 0 Å². The van der Waals surface area contributed by atoms with Gasteiger partial charge in [0, 0.05) is 0 Å². The number of rotatable bonds is 3. The van der Waals surface area contributed by atoms with Crippen molar-refractivity contribution in [3.8, 4) is 0 Å². The molecule has 3 aromatic rings. The summed E-state index contributed by atoms with van der Waals surface area (Å²) >= 11 is 0. The number of aromatic nitrogens is 3. The Morgan fingerprint density at radius 3 is 1.96 bits per heavy atom. The summed E-state index contributed by atoms with van der Waals surface area (Å²) in [4.78, 5) is 4.05. The minimum absolute atomic E-state index is 0.494. The highest BCUT2D eigenvalue weighted by Gasteiger charge is 2.48. The zero-order valence-electron chi connectivity index (χ0n) is 14.8. The average molecular weight is 359 g/mol. The summed E-state index contributed by atoms with van der Waals surface area (Å²) in [6.07, 6.45) is -1.46. The molecule has 0 N–H and O–H groups in total. The van der Waals surface area contributed by atoms with Gasteiger partial charge < -0.3 is 0 Å². The molecule has 0 spiro atoms. The van der Waals surface area contributed by atoms with Crippen LogP contribution in [-0.2, 0) is 11.7 Å². The van der Waals surface area contributed by atoms with Gasteiger partial charge in [0.25, 0.3) is 0 Å². The van der Waals surface area contributed by atoms with Crippen LogP contribution in [0.1, 0.15) is 37.5 Å². The third-order valence-corrected chi connectivity index (χ3v) is 4.65. The van der Waals surface area contributed by atoms with Crippen LogP contribution in [-0.4, -0.2) is 14.8 Å². The predicted octanol–water partition coefficient (Wildman–Crippen LogP) is 5.13. The zero-order valence-corrected chi connectivity index (χ0v) is 14.8. The van der Waals surface area contributed by atoms with Gasteiger partial charge in [-0.05, 0) is 28.7 Å². The molecule has 1 atom stereocenters. The molecule has 0 aliphatic rings. The fourth-order valence-corrected chi connectivity index (χ4v) is 3.62. The van der Waals surface area contributed by atoms with Gasteiger partial charge in [0.15, 0.2) is 0 Å². The summed E-state index contributed by atoms with van der Waals surface area (Å²) in [6.45, 7) is 5.96. The molecule has 2 aromatic carbocycles. The SMILES string of the molecule is CC(C)(C)C(c1ccccc1)(c1cccc(C(F)(F)F)c1)n1cncn1. The molecule has 0 aliphatic heterocycles. The van der Waals surface area contributed by atoms with Gasteiger partial charge in [-0.3, -0.25) is 0 Å². The molecule has 1 aromatic heterocycles. The van der Waals surface area contributed by atoms with Crippen molar-refractivity contribution in [2.45, 2.75) is 32.5 Å². The molecule has 136 valence electrons. The van der Waals surface area contributed by atoms with E-state index in [1.165, 1.54) is 18.5 Å². The van der Waals surface area contributed by atoms with Crippen LogP contribution in [0.4, 0.5) is 13.2 Å². The highest BCUT2D eigenvalue weighted by atomic mass is 19.4. The van der Waals surface area contributed by atoms with Crippen molar-refractivity contribution in [1.29, 1.82) is 0 Å². The summed E-state index contributed by atoms with van der Waals surface area (Å²) in [5.41, 5.74) is -0.772. The van der Waals surface area contributed by atoms with Crippen molar-refractivity contribution in [3.63, 3.8) is 0 Å². The van der Waals surface area contributed by atoms with E-state index < -0.39 is 22.7 Å². The van der Waals surface area contributed by atoms with Crippen LogP contribution in [0, 0.1) is 5.41 Å². The van der Waals surface area contributed by atoms with Crippen LogP contribution in [0.2, 0.25) is 0 Å². The number of hydrogen-bond acceptors (Lipinski definition) is 2. The zero-order chi connectivity index (χ0) is 19.0. The van der Waals surface area contributed by atoms with Gasteiger partial charge in [-0.15, -0.1) is 0 Å². The smallest absolute Gasteiger partial charge is 0.237 e. The third kappa shape index (κ3) is 2.89. The Hall–Kier alpha value is -2.63. The van der Waals surface area contributed by atoms with E-state index in [2.05, 4.69) is 10.1 Å². The maximum Gasteiger partial charge on any atom is 0.416 e. The first-order chi connectivity index (χ1) is 12.2. The van der Waals surface area contributed by atoms with Crippen molar-refractivity contribution in [3.05, 3.63) is 83.9 Å². The molecule has 6 heteroatoms. The highest BCUT2D eigenvalue weighted by Crippen LogP contribution is 2.48. The number of benzene rings is 2. The Labute approximate surface area is 150 Å². The Balaban J connectivity index is 2.39. The predicted molar refractivity (Wildman–Crippen MR) is 93.5 cm³/mol. The highest BCUT2D eigenvalue weighted by molar-refractivity contribution is 5.43. The molecule has 0 fully saturated rings. The molecule has 0 aliphatic carbocycles. The van der Waals surface area contributed by atoms with E-state index in [-0.39, 0.29) is 0 Å². The van der Waals surface area contributed by atoms with Crippen molar-refractivity contribution in [2.75, 3.05) is 0 Å². The van der Waals surface area contributed by atoms with Gasteiger partial charge in [0.05, 0.1) is 5.56 Å². The standard InChI is InChI=1S/C20H20F3N3/c1-18(2,3)19(26-14-24-13-25-26,15-8-5-4-6-9-15)16-10-7-11-17(12-16)20(21,22)23/h4-14H,1-3H3. The van der Waals surface area contributed by atoms with Gasteiger partial charge in [0.2, 0.25) is 0 Å². The van der Waals surface area contributed by atoms with Gasteiger partial charge in [-0.1, -0.05) is 63.2 Å². The van der Waals surface area contributed by atoms with E-state index in [0.29, 0.717) is 5.56 Å². The van der Waals surface area contributed by atoms with Crippen molar-refractivity contribution in [2.24, 2.45) is 5.41 Å². The number of halogens is 3. The summed E-state index contributed by atoms with van der Waals surface area (Å²) < 4.78 is 41.7. The van der Waals surface area contributed by atoms with E-state index in [9.17, 15) is 13.2 Å². The van der Waals surface area contributed by atoms with Crippen molar-refractivity contribution in [1.82, 2.24) is 14.8 Å². The molecule has 0 saturated heterocycles. The van der Waals surface area contributed by atoms with Crippen LogP contribution in [0.25, 0.3) is 0 Å². The third-order valence-electron chi connectivity index (χ3n) is 4.65. The second-order valence-electron chi connectivity index (χ2n) is 7.25. The van der Waals surface area contributed by atoms with Crippen LogP contribution < -0.4 is 0 Å². The Bertz CT molecular complexity index is 865. The minimum Gasteiger partial charge on any atom is -0.237 e. The molecule has 1 heterocycles. The van der Waals surface area contributed by atoms with Crippen molar-refractivity contribution >= 4 is 0 Å². The van der Waals surface area contributed by atoms with E-state index >= 15 is 0 Å². The maximum atomic E-state index is 13.4. The Kier molecular flexibility index (Phi) is 4.38. The lowest BCUT2D eigenvalue weighted by Gasteiger charge is -2.45. The molecule has 0 saturated carbocycles. The lowest BCUT2D eigenvalue weighted by atomic mass is 9.65. The van der Waals surface area contributed by atoms with Gasteiger partial charge in [-0.25, -0.2) is 9.67 Å². The second kappa shape index (κ2) is 6.27. The average Bonchev–Trinajstić information content (AvgIpc) is 3.09. The number of hydrogen-bond donors (Lipinski definition) is 0. The first-order valence-electron chi connectivity index (χ1n) is 8.26. The van der Waals surface area contributed by atoms with E-state index in [4.69, 9.17) is 0 Å². The summed E-state index contributed by atoms with van der Waals surface area (Å²) in [6, 6.07) is 14.9. The monoisotopic (exact) mass is 359 g/mol. The summed E-state index contributed by atoms with van der Waals surface area (Å²) in [5, 5.41) is 4.32. The molecule has 0 amide bonds. The number of nitrogens with zero attached hydrogens (tertiary/aromatic N) is 3. The molecule has 3 rings (SSSR count). The normalized spacial score (nSPS) is 14.8. The van der Waals surface area contributed by atoms with Crippen LogP contribution >= 0.6 is 0 Å². The maximum absolute atomic E-state index is 13.4. The first-order valence-corrected chi connectivity index (χ1v) is 8.26. The molecule has 1 unspecified atom stereocenters. The molecular formula is C20H20F3N3. The molecular weight excluding hydrogens is 339 g/mol. The lowest BCUT2D eigenvalue weighted by Crippen LogP contribution is -2.48. The van der Waals surface area contributed by atoms with Crippen LogP contribution in [0.15, 0.2) is 67.3 Å². The fourth-order valence-electron chi connectivity index (χ4n) is 3.62. The topological polar surface area (TPSA) is 30.7 Å². The second-order valence-corrected chi connectivity index (χ2v) is 7.25. The van der Waals surface area contributed by atoms with E-state index in [1.54, 1.807) is 17.1 Å². The Morgan fingerprint density at radius 1 is 0.808 bits per heavy atom. The molecule has 0 bridgehead atoms. The van der Waals surface area contributed by atoms with Gasteiger partial charge in [-0.2, -0.15) is 18.3 Å². The first kappa shape index (κ1) is 18.2. The number of alkyl halides is 3. The molecule has 3 nitrogen and oxygen atoms in total. The van der Waals surface area contributed by atoms with Gasteiger partial charge in [0.1, 0.15) is 18.2 Å². The van der Waals surface area contributed by atoms with Gasteiger partial charge >= 0.3 is 6.18 Å².